The van der Waals surface area contributed by atoms with Crippen LogP contribution in [-0.2, 0) is 32.6 Å². The molecule has 1 N–H and O–H groups in total. The van der Waals surface area contributed by atoms with Gasteiger partial charge >= 0.3 is 0 Å². The number of nitrogens with one attached hydrogen (secondary N) is 1. The molecule has 7 nitrogen and oxygen atoms in total. The highest BCUT2D eigenvalue weighted by atomic mass is 32.2. The number of sulfonamides is 1. The minimum atomic E-state index is -3.85. The number of hydrogen-bond donors (Lipinski definition) is 1. The Morgan fingerprint density at radius 3 is 2.15 bits per heavy atom. The summed E-state index contributed by atoms with van der Waals surface area (Å²) in [5, 5.41) is 2.94. The SMILES string of the molecule is Cc1ccc(N(CC(=O)N(Cc2ccc(F)cc2)[C@H](Cc2ccccc2)C(=O)NCC(C)C)S(C)(=O)=O)c(C)c1. The number of aryl methyl sites for hydroxylation is 2. The molecule has 40 heavy (non-hydrogen) atoms. The van der Waals surface area contributed by atoms with Gasteiger partial charge in [0, 0.05) is 19.5 Å². The second kappa shape index (κ2) is 13.6. The Kier molecular flexibility index (Phi) is 10.5. The third kappa shape index (κ3) is 8.64. The zero-order valence-electron chi connectivity index (χ0n) is 23.7. The van der Waals surface area contributed by atoms with Crippen molar-refractivity contribution in [3.63, 3.8) is 0 Å². The van der Waals surface area contributed by atoms with Gasteiger partial charge in [0.05, 0.1) is 11.9 Å². The lowest BCUT2D eigenvalue weighted by molar-refractivity contribution is -0.140. The van der Waals surface area contributed by atoms with E-state index in [9.17, 15) is 22.4 Å². The van der Waals surface area contributed by atoms with Crippen LogP contribution >= 0.6 is 0 Å². The van der Waals surface area contributed by atoms with E-state index < -0.39 is 34.3 Å². The first-order valence-electron chi connectivity index (χ1n) is 13.3. The molecule has 0 saturated heterocycles. The van der Waals surface area contributed by atoms with Crippen molar-refractivity contribution in [2.24, 2.45) is 5.92 Å². The van der Waals surface area contributed by atoms with Gasteiger partial charge in [0.1, 0.15) is 18.4 Å². The third-order valence-corrected chi connectivity index (χ3v) is 7.65. The highest BCUT2D eigenvalue weighted by Gasteiger charge is 2.33. The number of carbonyl (C=O) groups excluding carboxylic acids is 2. The average Bonchev–Trinajstić information content (AvgIpc) is 2.89. The second-order valence-corrected chi connectivity index (χ2v) is 12.5. The van der Waals surface area contributed by atoms with Crippen molar-refractivity contribution in [1.29, 1.82) is 0 Å². The molecule has 0 heterocycles. The summed E-state index contributed by atoms with van der Waals surface area (Å²) in [7, 11) is -3.85. The first kappa shape index (κ1) is 30.8. The van der Waals surface area contributed by atoms with Crippen LogP contribution in [0.25, 0.3) is 0 Å². The van der Waals surface area contributed by atoms with Gasteiger partial charge in [-0.25, -0.2) is 12.8 Å². The van der Waals surface area contributed by atoms with Crippen LogP contribution in [0.1, 0.15) is 36.1 Å². The standard InChI is InChI=1S/C31H38FN3O4S/c1-22(2)19-33-31(37)29(18-25-9-7-6-8-10-25)34(20-26-12-14-27(32)15-13-26)30(36)21-35(40(5,38)39)28-16-11-23(3)17-24(28)4/h6-17,22,29H,18-21H2,1-5H3,(H,33,37)/t29-/m1/s1. The number of halogens is 1. The molecule has 0 saturated carbocycles. The van der Waals surface area contributed by atoms with Gasteiger partial charge in [0.15, 0.2) is 0 Å². The Labute approximate surface area is 237 Å². The molecule has 0 bridgehead atoms. The molecule has 1 atom stereocenters. The van der Waals surface area contributed by atoms with Gasteiger partial charge in [0.2, 0.25) is 21.8 Å². The summed E-state index contributed by atoms with van der Waals surface area (Å²) in [6, 6.07) is 19.4. The van der Waals surface area contributed by atoms with Gasteiger partial charge in [-0.1, -0.05) is 74.0 Å². The lowest BCUT2D eigenvalue weighted by atomic mass is 10.0. The summed E-state index contributed by atoms with van der Waals surface area (Å²) in [5.74, 6) is -1.12. The average molecular weight is 568 g/mol. The molecule has 214 valence electrons. The fourth-order valence-electron chi connectivity index (χ4n) is 4.44. The van der Waals surface area contributed by atoms with E-state index in [2.05, 4.69) is 5.32 Å². The van der Waals surface area contributed by atoms with E-state index >= 15 is 0 Å². The maximum atomic E-state index is 14.1. The molecule has 0 aliphatic rings. The van der Waals surface area contributed by atoms with E-state index in [1.54, 1.807) is 31.2 Å². The molecule has 0 aromatic heterocycles. The van der Waals surface area contributed by atoms with Gasteiger partial charge in [-0.15, -0.1) is 0 Å². The van der Waals surface area contributed by atoms with E-state index in [-0.39, 0.29) is 24.8 Å². The molecule has 2 amide bonds. The lowest BCUT2D eigenvalue weighted by Crippen LogP contribution is -2.53. The van der Waals surface area contributed by atoms with Crippen LogP contribution in [0.4, 0.5) is 10.1 Å². The minimum Gasteiger partial charge on any atom is -0.354 e. The van der Waals surface area contributed by atoms with Gasteiger partial charge in [-0.05, 0) is 54.7 Å². The van der Waals surface area contributed by atoms with Crippen molar-refractivity contribution >= 4 is 27.5 Å². The fourth-order valence-corrected chi connectivity index (χ4v) is 5.35. The van der Waals surface area contributed by atoms with E-state index in [0.29, 0.717) is 23.4 Å². The first-order chi connectivity index (χ1) is 18.8. The van der Waals surface area contributed by atoms with E-state index in [4.69, 9.17) is 0 Å². The first-order valence-corrected chi connectivity index (χ1v) is 15.1. The quantitative estimate of drug-likeness (QED) is 0.346. The maximum absolute atomic E-state index is 14.1. The maximum Gasteiger partial charge on any atom is 0.244 e. The number of rotatable bonds is 12. The van der Waals surface area contributed by atoms with Crippen molar-refractivity contribution in [2.75, 3.05) is 23.7 Å². The van der Waals surface area contributed by atoms with E-state index in [1.165, 1.54) is 17.0 Å². The topological polar surface area (TPSA) is 86.8 Å². The number of anilines is 1. The van der Waals surface area contributed by atoms with Crippen LogP contribution < -0.4 is 9.62 Å². The molecule has 0 spiro atoms. The van der Waals surface area contributed by atoms with Gasteiger partial charge < -0.3 is 10.2 Å². The molecule has 0 unspecified atom stereocenters. The van der Waals surface area contributed by atoms with Crippen molar-refractivity contribution in [1.82, 2.24) is 10.2 Å². The minimum absolute atomic E-state index is 0.00378. The van der Waals surface area contributed by atoms with Crippen molar-refractivity contribution in [3.05, 3.63) is 101 Å². The number of benzene rings is 3. The van der Waals surface area contributed by atoms with E-state index in [1.807, 2.05) is 57.2 Å². The molecule has 3 aromatic carbocycles. The molecule has 0 aliphatic carbocycles. The Bertz CT molecular complexity index is 1410. The highest BCUT2D eigenvalue weighted by Crippen LogP contribution is 2.25. The van der Waals surface area contributed by atoms with Crippen molar-refractivity contribution in [3.8, 4) is 0 Å². The molecule has 3 aromatic rings. The molecule has 0 radical (unpaired) electrons. The Morgan fingerprint density at radius 1 is 0.925 bits per heavy atom. The van der Waals surface area contributed by atoms with Crippen LogP contribution in [0.2, 0.25) is 0 Å². The monoisotopic (exact) mass is 567 g/mol. The predicted molar refractivity (Wildman–Crippen MR) is 157 cm³/mol. The molecule has 3 rings (SSSR count). The zero-order chi connectivity index (χ0) is 29.4. The molecular formula is C31H38FN3O4S. The van der Waals surface area contributed by atoms with Gasteiger partial charge in [-0.2, -0.15) is 0 Å². The summed E-state index contributed by atoms with van der Waals surface area (Å²) in [4.78, 5) is 29.1. The highest BCUT2D eigenvalue weighted by molar-refractivity contribution is 7.92. The molecule has 0 fully saturated rings. The lowest BCUT2D eigenvalue weighted by Gasteiger charge is -2.34. The van der Waals surface area contributed by atoms with Crippen LogP contribution in [0.15, 0.2) is 72.8 Å². The predicted octanol–water partition coefficient (Wildman–Crippen LogP) is 4.62. The van der Waals surface area contributed by atoms with Crippen LogP contribution in [0.5, 0.6) is 0 Å². The largest absolute Gasteiger partial charge is 0.354 e. The number of amides is 2. The molecule has 9 heteroatoms. The fraction of sp³-hybridized carbons (Fsp3) is 0.355. The zero-order valence-corrected chi connectivity index (χ0v) is 24.5. The van der Waals surface area contributed by atoms with Crippen LogP contribution in [0.3, 0.4) is 0 Å². The number of hydrogen-bond acceptors (Lipinski definition) is 4. The summed E-state index contributed by atoms with van der Waals surface area (Å²) < 4.78 is 40.6. The number of nitrogens with zero attached hydrogens (tertiary/aromatic N) is 2. The van der Waals surface area contributed by atoms with Crippen LogP contribution in [0, 0.1) is 25.6 Å². The molecule has 0 aliphatic heterocycles. The van der Waals surface area contributed by atoms with E-state index in [0.717, 1.165) is 21.7 Å². The summed E-state index contributed by atoms with van der Waals surface area (Å²) >= 11 is 0. The van der Waals surface area contributed by atoms with Gasteiger partial charge in [-0.3, -0.25) is 13.9 Å². The smallest absolute Gasteiger partial charge is 0.244 e. The molecular weight excluding hydrogens is 529 g/mol. The van der Waals surface area contributed by atoms with Crippen LogP contribution in [-0.4, -0.2) is 50.5 Å². The Morgan fingerprint density at radius 2 is 1.57 bits per heavy atom. The van der Waals surface area contributed by atoms with Crippen molar-refractivity contribution in [2.45, 2.75) is 46.7 Å². The number of carbonyl (C=O) groups is 2. The van der Waals surface area contributed by atoms with Crippen molar-refractivity contribution < 1.29 is 22.4 Å². The third-order valence-electron chi connectivity index (χ3n) is 6.52. The summed E-state index contributed by atoms with van der Waals surface area (Å²) in [6.45, 7) is 7.56. The Balaban J connectivity index is 2.06. The Hall–Kier alpha value is -3.72. The summed E-state index contributed by atoms with van der Waals surface area (Å²) in [5.41, 5.74) is 3.52. The van der Waals surface area contributed by atoms with Gasteiger partial charge in [0.25, 0.3) is 0 Å². The second-order valence-electron chi connectivity index (χ2n) is 10.6. The normalized spacial score (nSPS) is 12.2. The summed E-state index contributed by atoms with van der Waals surface area (Å²) in [6.07, 6.45) is 1.28.